The van der Waals surface area contributed by atoms with Gasteiger partial charge in [0.05, 0.1) is 0 Å². The molecule has 1 aromatic heterocycles. The van der Waals surface area contributed by atoms with Crippen LogP contribution in [0.15, 0.2) is 33.7 Å². The molecule has 0 radical (unpaired) electrons. The Hall–Kier alpha value is -2.33. The monoisotopic (exact) mass is 205 g/mol. The van der Waals surface area contributed by atoms with Crippen molar-refractivity contribution in [1.29, 1.82) is 0 Å². The molecule has 1 aromatic carbocycles. The highest BCUT2D eigenvalue weighted by atomic mass is 19.1. The van der Waals surface area contributed by atoms with Crippen LogP contribution in [0.3, 0.4) is 0 Å². The summed E-state index contributed by atoms with van der Waals surface area (Å²) in [5.41, 5.74) is 0.552. The molecule has 0 N–H and O–H groups in total. The van der Waals surface area contributed by atoms with Gasteiger partial charge in [0.15, 0.2) is 0 Å². The number of isocyanates is 1. The maximum Gasteiger partial charge on any atom is 0.353 e. The zero-order valence-corrected chi connectivity index (χ0v) is 7.35. The molecule has 2 aromatic rings. The van der Waals surface area contributed by atoms with Crippen molar-refractivity contribution in [3.63, 3.8) is 0 Å². The summed E-state index contributed by atoms with van der Waals surface area (Å²) >= 11 is 0. The molecule has 15 heavy (non-hydrogen) atoms. The Morgan fingerprint density at radius 2 is 2.00 bits per heavy atom. The van der Waals surface area contributed by atoms with Gasteiger partial charge >= 0.3 is 6.01 Å². The van der Waals surface area contributed by atoms with Gasteiger partial charge in [-0.15, -0.1) is 10.1 Å². The van der Waals surface area contributed by atoms with Crippen molar-refractivity contribution in [2.45, 2.75) is 0 Å². The van der Waals surface area contributed by atoms with Crippen molar-refractivity contribution in [2.24, 2.45) is 4.99 Å². The average Bonchev–Trinajstić information content (AvgIpc) is 2.68. The number of benzene rings is 1. The normalized spacial score (nSPS) is 9.67. The number of aliphatic imine (C=N–C) groups is 1. The lowest BCUT2D eigenvalue weighted by Gasteiger charge is -1.92. The molecule has 0 bridgehead atoms. The van der Waals surface area contributed by atoms with Gasteiger partial charge in [0.25, 0.3) is 0 Å². The molecule has 0 atom stereocenters. The van der Waals surface area contributed by atoms with Gasteiger partial charge in [-0.25, -0.2) is 9.18 Å². The Balaban J connectivity index is 2.37. The fourth-order valence-corrected chi connectivity index (χ4v) is 1.01. The maximum absolute atomic E-state index is 12.6. The van der Waals surface area contributed by atoms with E-state index in [0.717, 1.165) is 0 Å². The minimum Gasteiger partial charge on any atom is -0.401 e. The standard InChI is InChI=1S/C9H4FN3O2/c10-7-3-1-6(2-4-7)8-12-13-9(15-8)11-5-14/h1-4H. The van der Waals surface area contributed by atoms with Crippen LogP contribution in [0, 0.1) is 5.82 Å². The molecule has 0 spiro atoms. The van der Waals surface area contributed by atoms with Crippen LogP contribution in [0.2, 0.25) is 0 Å². The Kier molecular flexibility index (Phi) is 2.35. The summed E-state index contributed by atoms with van der Waals surface area (Å²) in [7, 11) is 0. The molecule has 0 saturated carbocycles. The van der Waals surface area contributed by atoms with Crippen LogP contribution < -0.4 is 0 Å². The van der Waals surface area contributed by atoms with Crippen LogP contribution in [0.4, 0.5) is 10.4 Å². The maximum atomic E-state index is 12.6. The number of rotatable bonds is 2. The molecule has 0 saturated heterocycles. The molecular weight excluding hydrogens is 201 g/mol. The predicted octanol–water partition coefficient (Wildman–Crippen LogP) is 1.84. The number of hydrogen-bond donors (Lipinski definition) is 0. The van der Waals surface area contributed by atoms with E-state index >= 15 is 0 Å². The molecule has 1 heterocycles. The number of nitrogens with zero attached hydrogens (tertiary/aromatic N) is 3. The van der Waals surface area contributed by atoms with Crippen LogP contribution >= 0.6 is 0 Å². The van der Waals surface area contributed by atoms with Gasteiger partial charge in [-0.3, -0.25) is 0 Å². The van der Waals surface area contributed by atoms with Crippen molar-refractivity contribution in [3.8, 4) is 11.5 Å². The van der Waals surface area contributed by atoms with Crippen LogP contribution in [-0.4, -0.2) is 16.3 Å². The van der Waals surface area contributed by atoms with Crippen LogP contribution in [0.1, 0.15) is 0 Å². The first-order valence-electron chi connectivity index (χ1n) is 3.97. The number of aromatic nitrogens is 2. The highest BCUT2D eigenvalue weighted by Gasteiger charge is 2.07. The second-order valence-electron chi connectivity index (χ2n) is 2.60. The second-order valence-corrected chi connectivity index (χ2v) is 2.60. The largest absolute Gasteiger partial charge is 0.401 e. The third-order valence-corrected chi connectivity index (χ3v) is 1.65. The van der Waals surface area contributed by atoms with Gasteiger partial charge in [0.1, 0.15) is 5.82 Å². The minimum atomic E-state index is -0.357. The number of halogens is 1. The lowest BCUT2D eigenvalue weighted by Crippen LogP contribution is -1.78. The van der Waals surface area contributed by atoms with Crippen molar-refractivity contribution >= 4 is 12.1 Å². The summed E-state index contributed by atoms with van der Waals surface area (Å²) in [6, 6.07) is 5.32. The van der Waals surface area contributed by atoms with Gasteiger partial charge in [-0.2, -0.15) is 0 Å². The summed E-state index contributed by atoms with van der Waals surface area (Å²) < 4.78 is 17.6. The highest BCUT2D eigenvalue weighted by molar-refractivity contribution is 5.53. The molecule has 5 nitrogen and oxygen atoms in total. The summed E-state index contributed by atoms with van der Waals surface area (Å²) in [5, 5.41) is 7.09. The van der Waals surface area contributed by atoms with Crippen molar-refractivity contribution in [2.75, 3.05) is 0 Å². The topological polar surface area (TPSA) is 68.3 Å². The van der Waals surface area contributed by atoms with Gasteiger partial charge in [0, 0.05) is 5.56 Å². The molecule has 0 amide bonds. The summed E-state index contributed by atoms with van der Waals surface area (Å²) in [6.45, 7) is 0. The highest BCUT2D eigenvalue weighted by Crippen LogP contribution is 2.20. The molecule has 0 unspecified atom stereocenters. The Bertz CT molecular complexity index is 514. The first kappa shape index (κ1) is 9.23. The lowest BCUT2D eigenvalue weighted by atomic mass is 10.2. The van der Waals surface area contributed by atoms with E-state index in [-0.39, 0.29) is 17.7 Å². The average molecular weight is 205 g/mol. The van der Waals surface area contributed by atoms with E-state index in [1.807, 2.05) is 0 Å². The minimum absolute atomic E-state index is 0.170. The first-order valence-corrected chi connectivity index (χ1v) is 3.97. The third kappa shape index (κ3) is 1.95. The fourth-order valence-electron chi connectivity index (χ4n) is 1.01. The Labute approximate surface area is 83.3 Å². The van der Waals surface area contributed by atoms with E-state index in [1.165, 1.54) is 30.3 Å². The molecule has 0 fully saturated rings. The summed E-state index contributed by atoms with van der Waals surface area (Å²) in [5.74, 6) is -0.187. The van der Waals surface area contributed by atoms with E-state index in [9.17, 15) is 9.18 Å². The first-order chi connectivity index (χ1) is 7.29. The van der Waals surface area contributed by atoms with E-state index in [1.54, 1.807) is 0 Å². The molecule has 2 rings (SSSR count). The predicted molar refractivity (Wildman–Crippen MR) is 47.5 cm³/mol. The van der Waals surface area contributed by atoms with Crippen LogP contribution in [-0.2, 0) is 4.79 Å². The zero-order chi connectivity index (χ0) is 10.7. The van der Waals surface area contributed by atoms with Gasteiger partial charge in [-0.1, -0.05) is 5.10 Å². The van der Waals surface area contributed by atoms with Gasteiger partial charge in [0.2, 0.25) is 12.0 Å². The molecule has 0 aliphatic rings. The third-order valence-electron chi connectivity index (χ3n) is 1.65. The fraction of sp³-hybridized carbons (Fsp3) is 0. The Morgan fingerprint density at radius 3 is 2.67 bits per heavy atom. The quantitative estimate of drug-likeness (QED) is 0.554. The summed E-state index contributed by atoms with van der Waals surface area (Å²) in [4.78, 5) is 13.0. The van der Waals surface area contributed by atoms with E-state index in [4.69, 9.17) is 4.42 Å². The molecule has 74 valence electrons. The summed E-state index contributed by atoms with van der Waals surface area (Å²) in [6.07, 6.45) is 1.28. The molecule has 6 heteroatoms. The number of carbonyl (C=O) groups excluding carboxylic acids is 1. The number of hydrogen-bond acceptors (Lipinski definition) is 5. The zero-order valence-electron chi connectivity index (χ0n) is 7.35. The second kappa shape index (κ2) is 3.81. The van der Waals surface area contributed by atoms with Crippen LogP contribution in [0.5, 0.6) is 0 Å². The molecule has 0 aliphatic carbocycles. The van der Waals surface area contributed by atoms with Gasteiger partial charge < -0.3 is 4.42 Å². The Morgan fingerprint density at radius 1 is 1.27 bits per heavy atom. The SMILES string of the molecule is O=C=Nc1nnc(-c2ccc(F)cc2)o1. The van der Waals surface area contributed by atoms with E-state index in [0.29, 0.717) is 5.56 Å². The van der Waals surface area contributed by atoms with E-state index in [2.05, 4.69) is 15.2 Å². The van der Waals surface area contributed by atoms with Crippen molar-refractivity contribution in [1.82, 2.24) is 10.2 Å². The van der Waals surface area contributed by atoms with Crippen molar-refractivity contribution in [3.05, 3.63) is 30.1 Å². The van der Waals surface area contributed by atoms with E-state index < -0.39 is 0 Å². The molecule has 0 aliphatic heterocycles. The molecular formula is C9H4FN3O2. The van der Waals surface area contributed by atoms with Crippen LogP contribution in [0.25, 0.3) is 11.5 Å². The van der Waals surface area contributed by atoms with Crippen molar-refractivity contribution < 1.29 is 13.6 Å². The lowest BCUT2D eigenvalue weighted by molar-refractivity contribution is 0.555. The van der Waals surface area contributed by atoms with Gasteiger partial charge in [-0.05, 0) is 24.3 Å². The smallest absolute Gasteiger partial charge is 0.353 e.